The number of anilines is 3. The highest BCUT2D eigenvalue weighted by atomic mass is 19.4. The molecule has 2 N–H and O–H groups in total. The minimum absolute atomic E-state index is 0.0161. The van der Waals surface area contributed by atoms with Gasteiger partial charge in [-0.05, 0) is 50.5 Å². The van der Waals surface area contributed by atoms with Crippen molar-refractivity contribution in [3.05, 3.63) is 53.5 Å². The van der Waals surface area contributed by atoms with E-state index in [0.717, 1.165) is 11.6 Å². The number of hydrogen-bond acceptors (Lipinski definition) is 9. The number of nitrogens with one attached hydrogen (secondary N) is 2. The summed E-state index contributed by atoms with van der Waals surface area (Å²) in [5.41, 5.74) is 0.879. The van der Waals surface area contributed by atoms with Gasteiger partial charge in [0, 0.05) is 32.4 Å². The van der Waals surface area contributed by atoms with Crippen molar-refractivity contribution in [3.63, 3.8) is 0 Å². The van der Waals surface area contributed by atoms with Crippen LogP contribution in [0.5, 0.6) is 0 Å². The SMILES string of the molecule is COC1CCN(c2cc(C(F)(F)F)c(-c3cnc4c(n3)NC(C)C=C4Nc3ccc(C)cn3)nn2)CC1. The zero-order valence-electron chi connectivity index (χ0n) is 20.7. The Morgan fingerprint density at radius 3 is 2.54 bits per heavy atom. The smallest absolute Gasteiger partial charge is 0.381 e. The lowest BCUT2D eigenvalue weighted by Crippen LogP contribution is -2.37. The Morgan fingerprint density at radius 2 is 1.86 bits per heavy atom. The van der Waals surface area contributed by atoms with Gasteiger partial charge in [-0.2, -0.15) is 13.2 Å². The molecule has 37 heavy (non-hydrogen) atoms. The molecule has 0 radical (unpaired) electrons. The van der Waals surface area contributed by atoms with Gasteiger partial charge in [-0.15, -0.1) is 10.2 Å². The third-order valence-corrected chi connectivity index (χ3v) is 6.41. The third-order valence-electron chi connectivity index (χ3n) is 6.41. The summed E-state index contributed by atoms with van der Waals surface area (Å²) >= 11 is 0. The van der Waals surface area contributed by atoms with Crippen molar-refractivity contribution < 1.29 is 17.9 Å². The predicted octanol–water partition coefficient (Wildman–Crippen LogP) is 4.54. The maximum Gasteiger partial charge on any atom is 0.418 e. The van der Waals surface area contributed by atoms with E-state index < -0.39 is 11.7 Å². The molecule has 2 aliphatic heterocycles. The van der Waals surface area contributed by atoms with Crippen LogP contribution in [0, 0.1) is 6.92 Å². The van der Waals surface area contributed by atoms with Gasteiger partial charge in [0.2, 0.25) is 0 Å². The summed E-state index contributed by atoms with van der Waals surface area (Å²) in [6.45, 7) is 4.94. The molecule has 3 aromatic rings. The number of fused-ring (bicyclic) bond motifs is 1. The number of methoxy groups -OCH3 is 1. The van der Waals surface area contributed by atoms with E-state index in [1.165, 1.54) is 6.20 Å². The molecule has 0 aliphatic carbocycles. The summed E-state index contributed by atoms with van der Waals surface area (Å²) in [5, 5.41) is 14.5. The lowest BCUT2D eigenvalue weighted by Gasteiger charge is -2.32. The summed E-state index contributed by atoms with van der Waals surface area (Å²) in [4.78, 5) is 15.1. The van der Waals surface area contributed by atoms with E-state index in [2.05, 4.69) is 35.8 Å². The van der Waals surface area contributed by atoms with Crippen LogP contribution in [0.2, 0.25) is 0 Å². The van der Waals surface area contributed by atoms with Crippen LogP contribution in [0.4, 0.5) is 30.6 Å². The Morgan fingerprint density at radius 1 is 1.08 bits per heavy atom. The van der Waals surface area contributed by atoms with Crippen LogP contribution in [0.15, 0.2) is 36.7 Å². The number of alkyl halides is 3. The fraction of sp³-hybridized carbons (Fsp3) is 0.400. The van der Waals surface area contributed by atoms with Gasteiger partial charge in [0.1, 0.15) is 22.9 Å². The van der Waals surface area contributed by atoms with Crippen LogP contribution in [0.25, 0.3) is 17.1 Å². The summed E-state index contributed by atoms with van der Waals surface area (Å²) in [6, 6.07) is 4.67. The Balaban J connectivity index is 1.46. The van der Waals surface area contributed by atoms with Crippen molar-refractivity contribution in [2.24, 2.45) is 0 Å². The highest BCUT2D eigenvalue weighted by molar-refractivity contribution is 5.83. The van der Waals surface area contributed by atoms with Gasteiger partial charge in [-0.25, -0.2) is 15.0 Å². The van der Waals surface area contributed by atoms with Crippen molar-refractivity contribution >= 4 is 23.2 Å². The highest BCUT2D eigenvalue weighted by Crippen LogP contribution is 2.38. The van der Waals surface area contributed by atoms with Gasteiger partial charge in [0.25, 0.3) is 0 Å². The molecule has 0 saturated carbocycles. The second kappa shape index (κ2) is 9.92. The monoisotopic (exact) mass is 512 g/mol. The quantitative estimate of drug-likeness (QED) is 0.510. The number of nitrogens with zero attached hydrogens (tertiary/aromatic N) is 6. The van der Waals surface area contributed by atoms with Gasteiger partial charge in [-0.1, -0.05) is 6.07 Å². The molecule has 9 nitrogen and oxygen atoms in total. The molecular weight excluding hydrogens is 485 g/mol. The molecule has 1 fully saturated rings. The lowest BCUT2D eigenvalue weighted by atomic mass is 10.1. The lowest BCUT2D eigenvalue weighted by molar-refractivity contribution is -0.137. The van der Waals surface area contributed by atoms with Crippen LogP contribution in [-0.2, 0) is 10.9 Å². The molecule has 0 bridgehead atoms. The number of ether oxygens (including phenoxy) is 1. The number of hydrogen-bond donors (Lipinski definition) is 2. The van der Waals surface area contributed by atoms with E-state index in [9.17, 15) is 13.2 Å². The second-order valence-corrected chi connectivity index (χ2v) is 9.20. The molecule has 0 spiro atoms. The molecule has 5 rings (SSSR count). The first kappa shape index (κ1) is 24.9. The molecule has 0 amide bonds. The van der Waals surface area contributed by atoms with Crippen molar-refractivity contribution in [3.8, 4) is 11.4 Å². The van der Waals surface area contributed by atoms with Gasteiger partial charge in [-0.3, -0.25) is 0 Å². The summed E-state index contributed by atoms with van der Waals surface area (Å²) in [7, 11) is 1.64. The zero-order valence-corrected chi connectivity index (χ0v) is 20.7. The molecule has 0 aromatic carbocycles. The molecule has 1 atom stereocenters. The van der Waals surface area contributed by atoms with Crippen LogP contribution in [0.3, 0.4) is 0 Å². The zero-order chi connectivity index (χ0) is 26.2. The standard InChI is InChI=1S/C25H27F3N8O/c1-14-4-5-20(29-12-14)32-18-10-15(2)31-24-23(18)30-13-19(33-24)22-17(25(26,27)28)11-21(34-35-22)36-8-6-16(37-3)7-9-36/h4-5,10-13,15-16H,6-9H2,1-3H3,(H,29,32)(H,31,33). The molecule has 2 aliphatic rings. The fourth-order valence-electron chi connectivity index (χ4n) is 4.43. The Hall–Kier alpha value is -3.80. The van der Waals surface area contributed by atoms with Crippen molar-refractivity contribution in [1.82, 2.24) is 25.1 Å². The second-order valence-electron chi connectivity index (χ2n) is 9.20. The van der Waals surface area contributed by atoms with Gasteiger partial charge in [0.15, 0.2) is 11.6 Å². The molecule has 1 unspecified atom stereocenters. The first-order valence-corrected chi connectivity index (χ1v) is 12.0. The van der Waals surface area contributed by atoms with E-state index in [0.29, 0.717) is 49.0 Å². The van der Waals surface area contributed by atoms with Crippen LogP contribution < -0.4 is 15.5 Å². The van der Waals surface area contributed by atoms with Crippen molar-refractivity contribution in [2.45, 2.75) is 45.0 Å². The maximum absolute atomic E-state index is 14.1. The van der Waals surface area contributed by atoms with E-state index in [-0.39, 0.29) is 29.4 Å². The van der Waals surface area contributed by atoms with Gasteiger partial charge < -0.3 is 20.3 Å². The van der Waals surface area contributed by atoms with E-state index in [4.69, 9.17) is 4.74 Å². The van der Waals surface area contributed by atoms with Crippen LogP contribution >= 0.6 is 0 Å². The topological polar surface area (TPSA) is 101 Å². The summed E-state index contributed by atoms with van der Waals surface area (Å²) in [5.74, 6) is 1.16. The number of halogens is 3. The molecular formula is C25H27F3N8O. The average Bonchev–Trinajstić information content (AvgIpc) is 2.89. The number of aryl methyl sites for hydroxylation is 1. The number of piperidine rings is 1. The first-order chi connectivity index (χ1) is 17.7. The third kappa shape index (κ3) is 5.33. The first-order valence-electron chi connectivity index (χ1n) is 12.0. The normalized spacial score (nSPS) is 18.2. The Labute approximate surface area is 212 Å². The van der Waals surface area contributed by atoms with Gasteiger partial charge in [0.05, 0.1) is 23.6 Å². The van der Waals surface area contributed by atoms with Crippen LogP contribution in [-0.4, -0.2) is 57.5 Å². The van der Waals surface area contributed by atoms with Crippen molar-refractivity contribution in [2.75, 3.05) is 35.7 Å². The minimum Gasteiger partial charge on any atom is -0.381 e. The molecule has 5 heterocycles. The van der Waals surface area contributed by atoms with Crippen molar-refractivity contribution in [1.29, 1.82) is 0 Å². The van der Waals surface area contributed by atoms with E-state index in [1.807, 2.05) is 32.1 Å². The fourth-order valence-corrected chi connectivity index (χ4v) is 4.43. The number of pyridine rings is 1. The molecule has 1 saturated heterocycles. The van der Waals surface area contributed by atoms with Gasteiger partial charge >= 0.3 is 6.18 Å². The molecule has 12 heteroatoms. The average molecular weight is 513 g/mol. The largest absolute Gasteiger partial charge is 0.418 e. The molecule has 3 aromatic heterocycles. The Kier molecular flexibility index (Phi) is 6.67. The summed E-state index contributed by atoms with van der Waals surface area (Å²) < 4.78 is 47.8. The minimum atomic E-state index is -4.65. The van der Waals surface area contributed by atoms with E-state index in [1.54, 1.807) is 18.2 Å². The van der Waals surface area contributed by atoms with E-state index >= 15 is 0 Å². The predicted molar refractivity (Wildman–Crippen MR) is 134 cm³/mol. The maximum atomic E-state index is 14.1. The Bertz CT molecular complexity index is 1300. The summed E-state index contributed by atoms with van der Waals surface area (Å²) in [6.07, 6.45) is 1.82. The molecule has 194 valence electrons. The number of aromatic nitrogens is 5. The number of rotatable bonds is 5. The van der Waals surface area contributed by atoms with Crippen LogP contribution in [0.1, 0.15) is 36.6 Å². The highest BCUT2D eigenvalue weighted by Gasteiger charge is 2.37.